The second kappa shape index (κ2) is 9.34. The number of hydrogen-bond acceptors (Lipinski definition) is 6. The molecule has 3 aromatic rings. The molecule has 8 nitrogen and oxygen atoms in total. The zero-order valence-electron chi connectivity index (χ0n) is 18.4. The molecule has 0 atom stereocenters. The molecule has 0 unspecified atom stereocenters. The molecule has 4 heterocycles. The normalized spacial score (nSPS) is 15.0. The number of amides is 1. The van der Waals surface area contributed by atoms with Crippen molar-refractivity contribution in [2.75, 3.05) is 33.4 Å². The second-order valence-electron chi connectivity index (χ2n) is 7.88. The van der Waals surface area contributed by atoms with Gasteiger partial charge >= 0.3 is 6.18 Å². The molecule has 1 fully saturated rings. The van der Waals surface area contributed by atoms with E-state index in [1.165, 1.54) is 19.4 Å². The van der Waals surface area contributed by atoms with Gasteiger partial charge in [-0.2, -0.15) is 18.3 Å². The highest BCUT2D eigenvalue weighted by Gasteiger charge is 2.30. The summed E-state index contributed by atoms with van der Waals surface area (Å²) in [5, 5.41) is 4.67. The van der Waals surface area contributed by atoms with Crippen molar-refractivity contribution in [1.82, 2.24) is 24.6 Å². The highest BCUT2D eigenvalue weighted by Crippen LogP contribution is 2.26. The van der Waals surface area contributed by atoms with E-state index in [2.05, 4.69) is 15.1 Å². The Kier molecular flexibility index (Phi) is 6.50. The maximum Gasteiger partial charge on any atom is 0.408 e. The number of ether oxygens (including phenoxy) is 2. The van der Waals surface area contributed by atoms with Crippen molar-refractivity contribution in [3.8, 4) is 5.75 Å². The van der Waals surface area contributed by atoms with Crippen LogP contribution in [0.15, 0.2) is 24.5 Å². The van der Waals surface area contributed by atoms with Gasteiger partial charge in [0, 0.05) is 43.4 Å². The van der Waals surface area contributed by atoms with Crippen molar-refractivity contribution in [1.29, 1.82) is 0 Å². The minimum atomic E-state index is -4.47. The van der Waals surface area contributed by atoms with Crippen LogP contribution in [0, 0.1) is 6.92 Å². The molecule has 0 aromatic carbocycles. The number of halogens is 3. The molecule has 0 aliphatic carbocycles. The van der Waals surface area contributed by atoms with E-state index in [1.54, 1.807) is 17.2 Å². The van der Waals surface area contributed by atoms with Gasteiger partial charge in [0.05, 0.1) is 31.1 Å². The number of nitrogens with zero attached hydrogens (tertiary/aromatic N) is 5. The smallest absolute Gasteiger partial charge is 0.408 e. The molecular weight excluding hydrogens is 439 g/mol. The molecule has 0 bridgehead atoms. The first kappa shape index (κ1) is 23.0. The molecule has 0 radical (unpaired) electrons. The highest BCUT2D eigenvalue weighted by atomic mass is 19.4. The van der Waals surface area contributed by atoms with Gasteiger partial charge in [0.15, 0.2) is 0 Å². The zero-order valence-corrected chi connectivity index (χ0v) is 18.4. The molecule has 1 amide bonds. The number of aryl methyl sites for hydroxylation is 1. The minimum absolute atomic E-state index is 0.0815. The topological polar surface area (TPSA) is 82.4 Å². The molecule has 0 spiro atoms. The van der Waals surface area contributed by atoms with E-state index in [0.717, 1.165) is 10.2 Å². The Labute approximate surface area is 188 Å². The summed E-state index contributed by atoms with van der Waals surface area (Å²) in [4.78, 5) is 23.2. The third-order valence-corrected chi connectivity index (χ3v) is 5.50. The monoisotopic (exact) mass is 463 g/mol. The van der Waals surface area contributed by atoms with Gasteiger partial charge in [0.25, 0.3) is 5.91 Å². The van der Waals surface area contributed by atoms with E-state index in [1.807, 2.05) is 6.92 Å². The first-order valence-corrected chi connectivity index (χ1v) is 10.5. The lowest BCUT2D eigenvalue weighted by atomic mass is 10.1. The second-order valence-corrected chi connectivity index (χ2v) is 7.88. The van der Waals surface area contributed by atoms with E-state index in [-0.39, 0.29) is 23.5 Å². The van der Waals surface area contributed by atoms with Crippen molar-refractivity contribution < 1.29 is 27.4 Å². The van der Waals surface area contributed by atoms with Crippen molar-refractivity contribution >= 4 is 16.8 Å². The lowest BCUT2D eigenvalue weighted by molar-refractivity contribution is -0.141. The summed E-state index contributed by atoms with van der Waals surface area (Å²) < 4.78 is 51.2. The van der Waals surface area contributed by atoms with Crippen LogP contribution < -0.4 is 4.74 Å². The summed E-state index contributed by atoms with van der Waals surface area (Å²) in [6.45, 7) is 2.48. The van der Waals surface area contributed by atoms with Gasteiger partial charge in [-0.05, 0) is 31.0 Å². The third-order valence-electron chi connectivity index (χ3n) is 5.50. The first-order chi connectivity index (χ1) is 15.7. The molecule has 176 valence electrons. The number of methoxy groups -OCH3 is 1. The molecule has 0 saturated carbocycles. The Bertz CT molecular complexity index is 1150. The lowest BCUT2D eigenvalue weighted by Crippen LogP contribution is -2.33. The molecular formula is C22H24F3N5O3. The fourth-order valence-corrected chi connectivity index (χ4v) is 3.82. The zero-order chi connectivity index (χ0) is 23.6. The Hall–Kier alpha value is -3.21. The van der Waals surface area contributed by atoms with Crippen LogP contribution in [-0.4, -0.2) is 70.1 Å². The van der Waals surface area contributed by atoms with Crippen molar-refractivity contribution in [3.63, 3.8) is 0 Å². The van der Waals surface area contributed by atoms with Gasteiger partial charge in [-0.1, -0.05) is 0 Å². The lowest BCUT2D eigenvalue weighted by Gasteiger charge is -2.19. The Balaban J connectivity index is 1.71. The fourth-order valence-electron chi connectivity index (χ4n) is 3.82. The van der Waals surface area contributed by atoms with E-state index < -0.39 is 12.7 Å². The third kappa shape index (κ3) is 5.24. The fraction of sp³-hybridized carbons (Fsp3) is 0.455. The van der Waals surface area contributed by atoms with Gasteiger partial charge < -0.3 is 14.4 Å². The SMILES string of the molecule is COc1cnc(Cc2nn(CC(F)(F)F)c3cc(C(=O)N4CCCOCC4)ncc23)c(C)c1. The van der Waals surface area contributed by atoms with Gasteiger partial charge in [-0.25, -0.2) is 0 Å². The van der Waals surface area contributed by atoms with Crippen LogP contribution >= 0.6 is 0 Å². The predicted molar refractivity (Wildman–Crippen MR) is 113 cm³/mol. The van der Waals surface area contributed by atoms with Crippen LogP contribution in [0.25, 0.3) is 10.9 Å². The van der Waals surface area contributed by atoms with Crippen LogP contribution in [0.3, 0.4) is 0 Å². The number of carbonyl (C=O) groups is 1. The quantitative estimate of drug-likeness (QED) is 0.578. The summed E-state index contributed by atoms with van der Waals surface area (Å²) in [6, 6.07) is 3.19. The van der Waals surface area contributed by atoms with Crippen LogP contribution in [0.1, 0.15) is 33.9 Å². The first-order valence-electron chi connectivity index (χ1n) is 10.5. The van der Waals surface area contributed by atoms with Crippen LogP contribution in [-0.2, 0) is 17.7 Å². The summed E-state index contributed by atoms with van der Waals surface area (Å²) in [7, 11) is 1.53. The minimum Gasteiger partial charge on any atom is -0.495 e. The average molecular weight is 463 g/mol. The van der Waals surface area contributed by atoms with Crippen molar-refractivity contribution in [3.05, 3.63) is 47.2 Å². The molecule has 1 aliphatic heterocycles. The standard InChI is InChI=1S/C22H24F3N5O3/c1-14-8-15(32-2)11-26-17(14)9-18-16-12-27-19(21(31)29-4-3-6-33-7-5-29)10-20(16)30(28-18)13-22(23,24)25/h8,10-12H,3-7,9,13H2,1-2H3. The summed E-state index contributed by atoms with van der Waals surface area (Å²) in [5.41, 5.74) is 2.19. The highest BCUT2D eigenvalue weighted by molar-refractivity contribution is 5.96. The molecule has 1 aliphatic rings. The Morgan fingerprint density at radius 3 is 2.70 bits per heavy atom. The number of pyridine rings is 2. The van der Waals surface area contributed by atoms with Gasteiger partial charge in [-0.3, -0.25) is 19.4 Å². The molecule has 11 heteroatoms. The molecule has 33 heavy (non-hydrogen) atoms. The number of alkyl halides is 3. The summed E-state index contributed by atoms with van der Waals surface area (Å²) in [5.74, 6) is 0.254. The van der Waals surface area contributed by atoms with Crippen LogP contribution in [0.4, 0.5) is 13.2 Å². The molecule has 0 N–H and O–H groups in total. The van der Waals surface area contributed by atoms with Crippen LogP contribution in [0.2, 0.25) is 0 Å². The molecule has 1 saturated heterocycles. The largest absolute Gasteiger partial charge is 0.495 e. The molecule has 3 aromatic heterocycles. The van der Waals surface area contributed by atoms with Gasteiger partial charge in [0.1, 0.15) is 18.0 Å². The molecule has 4 rings (SSSR count). The number of aromatic nitrogens is 4. The van der Waals surface area contributed by atoms with E-state index in [4.69, 9.17) is 9.47 Å². The average Bonchev–Trinajstić information content (AvgIpc) is 2.94. The number of rotatable bonds is 5. The Morgan fingerprint density at radius 1 is 1.15 bits per heavy atom. The number of fused-ring (bicyclic) bond motifs is 1. The number of carbonyl (C=O) groups excluding carboxylic acids is 1. The maximum atomic E-state index is 13.3. The Morgan fingerprint density at radius 2 is 1.97 bits per heavy atom. The van der Waals surface area contributed by atoms with Gasteiger partial charge in [0.2, 0.25) is 0 Å². The van der Waals surface area contributed by atoms with Crippen LogP contribution in [0.5, 0.6) is 5.75 Å². The van der Waals surface area contributed by atoms with Crippen molar-refractivity contribution in [2.45, 2.75) is 32.5 Å². The van der Waals surface area contributed by atoms with E-state index in [9.17, 15) is 18.0 Å². The number of hydrogen-bond donors (Lipinski definition) is 0. The van der Waals surface area contributed by atoms with Gasteiger partial charge in [-0.15, -0.1) is 0 Å². The maximum absolute atomic E-state index is 13.3. The van der Waals surface area contributed by atoms with Crippen molar-refractivity contribution in [2.24, 2.45) is 0 Å². The van der Waals surface area contributed by atoms with E-state index in [0.29, 0.717) is 55.2 Å². The predicted octanol–water partition coefficient (Wildman–Crippen LogP) is 3.16. The van der Waals surface area contributed by atoms with E-state index >= 15 is 0 Å². The summed E-state index contributed by atoms with van der Waals surface area (Å²) >= 11 is 0. The summed E-state index contributed by atoms with van der Waals surface area (Å²) in [6.07, 6.45) is -0.587.